The molecule has 28 heavy (non-hydrogen) atoms. The fourth-order valence-electron chi connectivity index (χ4n) is 3.44. The Hall–Kier alpha value is -2.51. The van der Waals surface area contributed by atoms with Crippen molar-refractivity contribution in [3.8, 4) is 11.5 Å². The van der Waals surface area contributed by atoms with E-state index < -0.39 is 0 Å². The number of amides is 1. The Bertz CT molecular complexity index is 980. The van der Waals surface area contributed by atoms with Gasteiger partial charge in [-0.05, 0) is 48.4 Å². The van der Waals surface area contributed by atoms with E-state index in [0.717, 1.165) is 36.4 Å². The van der Waals surface area contributed by atoms with Crippen LogP contribution in [0.3, 0.4) is 0 Å². The highest BCUT2D eigenvalue weighted by molar-refractivity contribution is 7.16. The first-order chi connectivity index (χ1) is 13.7. The summed E-state index contributed by atoms with van der Waals surface area (Å²) in [6.07, 6.45) is 3.11. The highest BCUT2D eigenvalue weighted by Gasteiger charge is 2.27. The maximum absolute atomic E-state index is 13.2. The summed E-state index contributed by atoms with van der Waals surface area (Å²) in [5.41, 5.74) is 2.59. The Morgan fingerprint density at radius 1 is 1.18 bits per heavy atom. The molecular weight excluding hydrogens is 392 g/mol. The number of anilines is 2. The molecule has 1 aliphatic carbocycles. The van der Waals surface area contributed by atoms with Crippen LogP contribution >= 0.6 is 22.7 Å². The van der Waals surface area contributed by atoms with E-state index in [0.29, 0.717) is 17.2 Å². The highest BCUT2D eigenvalue weighted by atomic mass is 32.1. The third-order valence-electron chi connectivity index (χ3n) is 4.81. The molecule has 0 radical (unpaired) electrons. The molecule has 0 spiro atoms. The minimum Gasteiger partial charge on any atom is -0.497 e. The zero-order chi connectivity index (χ0) is 19.5. The average molecular weight is 415 g/mol. The second-order valence-electron chi connectivity index (χ2n) is 6.51. The van der Waals surface area contributed by atoms with Crippen LogP contribution in [0.25, 0.3) is 0 Å². The standard InChI is InChI=1S/C21H22N2O3S2/c1-25-13-8-9-16(17(11-13)26-2)23-20(24)19-15-6-3-7-18(15)28-21(19)22-12-14-5-4-10-27-14/h4-5,8-11,22H,3,6-7,12H2,1-2H3,(H,23,24). The van der Waals surface area contributed by atoms with Crippen molar-refractivity contribution >= 4 is 39.3 Å². The van der Waals surface area contributed by atoms with Gasteiger partial charge in [-0.25, -0.2) is 0 Å². The molecule has 4 rings (SSSR count). The Morgan fingerprint density at radius 2 is 2.07 bits per heavy atom. The summed E-state index contributed by atoms with van der Waals surface area (Å²) >= 11 is 3.42. The fourth-order valence-corrected chi connectivity index (χ4v) is 5.36. The van der Waals surface area contributed by atoms with Gasteiger partial charge < -0.3 is 20.1 Å². The van der Waals surface area contributed by atoms with Gasteiger partial charge in [0.1, 0.15) is 16.5 Å². The van der Waals surface area contributed by atoms with Crippen molar-refractivity contribution in [3.05, 3.63) is 56.6 Å². The minimum atomic E-state index is -0.100. The molecule has 0 fully saturated rings. The molecule has 7 heteroatoms. The van der Waals surface area contributed by atoms with Crippen molar-refractivity contribution in [3.63, 3.8) is 0 Å². The molecule has 5 nitrogen and oxygen atoms in total. The zero-order valence-corrected chi connectivity index (χ0v) is 17.5. The third kappa shape index (κ3) is 3.72. The average Bonchev–Trinajstić information content (AvgIpc) is 3.43. The van der Waals surface area contributed by atoms with E-state index in [2.05, 4.69) is 22.1 Å². The van der Waals surface area contributed by atoms with Gasteiger partial charge in [-0.1, -0.05) is 6.07 Å². The Balaban J connectivity index is 1.60. The van der Waals surface area contributed by atoms with E-state index in [-0.39, 0.29) is 5.91 Å². The van der Waals surface area contributed by atoms with Crippen molar-refractivity contribution in [2.24, 2.45) is 0 Å². The fraction of sp³-hybridized carbons (Fsp3) is 0.286. The van der Waals surface area contributed by atoms with Crippen molar-refractivity contribution < 1.29 is 14.3 Å². The number of fused-ring (bicyclic) bond motifs is 1. The molecule has 0 saturated heterocycles. The first kappa shape index (κ1) is 18.8. The molecule has 2 N–H and O–H groups in total. The third-order valence-corrected chi connectivity index (χ3v) is 6.93. The predicted molar refractivity (Wildman–Crippen MR) is 115 cm³/mol. The molecule has 146 valence electrons. The van der Waals surface area contributed by atoms with E-state index in [1.165, 1.54) is 15.3 Å². The molecule has 2 aromatic heterocycles. The SMILES string of the molecule is COc1ccc(NC(=O)c2c(NCc3cccs3)sc3c2CCC3)c(OC)c1. The number of carbonyl (C=O) groups excluding carboxylic acids is 1. The molecule has 0 bridgehead atoms. The smallest absolute Gasteiger partial charge is 0.259 e. The van der Waals surface area contributed by atoms with Crippen molar-refractivity contribution in [2.45, 2.75) is 25.8 Å². The summed E-state index contributed by atoms with van der Waals surface area (Å²) in [6.45, 7) is 0.725. The molecule has 0 saturated carbocycles. The lowest BCUT2D eigenvalue weighted by Crippen LogP contribution is -2.15. The van der Waals surface area contributed by atoms with Crippen LogP contribution in [0, 0.1) is 0 Å². The van der Waals surface area contributed by atoms with Gasteiger partial charge in [0.25, 0.3) is 5.91 Å². The van der Waals surface area contributed by atoms with E-state index in [1.54, 1.807) is 49.0 Å². The number of rotatable bonds is 7. The van der Waals surface area contributed by atoms with Crippen LogP contribution in [0.1, 0.15) is 32.1 Å². The van der Waals surface area contributed by atoms with E-state index in [9.17, 15) is 4.79 Å². The number of hydrogen-bond donors (Lipinski definition) is 2. The minimum absolute atomic E-state index is 0.100. The summed E-state index contributed by atoms with van der Waals surface area (Å²) in [7, 11) is 3.19. The monoisotopic (exact) mass is 414 g/mol. The molecule has 0 atom stereocenters. The van der Waals surface area contributed by atoms with Crippen molar-refractivity contribution in [1.82, 2.24) is 0 Å². The largest absolute Gasteiger partial charge is 0.497 e. The van der Waals surface area contributed by atoms with Gasteiger partial charge in [0, 0.05) is 15.8 Å². The number of hydrogen-bond acceptors (Lipinski definition) is 6. The quantitative estimate of drug-likeness (QED) is 0.559. The molecular formula is C21H22N2O3S2. The van der Waals surface area contributed by atoms with Crippen LogP contribution in [0.5, 0.6) is 11.5 Å². The number of thiophene rings is 2. The van der Waals surface area contributed by atoms with Crippen molar-refractivity contribution in [2.75, 3.05) is 24.9 Å². The van der Waals surface area contributed by atoms with Gasteiger partial charge in [-0.3, -0.25) is 4.79 Å². The van der Waals surface area contributed by atoms with Crippen LogP contribution in [0.4, 0.5) is 10.7 Å². The van der Waals surface area contributed by atoms with Gasteiger partial charge in [-0.15, -0.1) is 22.7 Å². The van der Waals surface area contributed by atoms with E-state index in [1.807, 2.05) is 12.1 Å². The van der Waals surface area contributed by atoms with Gasteiger partial charge in [0.2, 0.25) is 0 Å². The predicted octanol–water partition coefficient (Wildman–Crippen LogP) is 5.18. The molecule has 3 aromatic rings. The maximum Gasteiger partial charge on any atom is 0.259 e. The molecule has 0 unspecified atom stereocenters. The van der Waals surface area contributed by atoms with Gasteiger partial charge >= 0.3 is 0 Å². The second kappa shape index (κ2) is 8.24. The molecule has 1 amide bonds. The van der Waals surface area contributed by atoms with Crippen LogP contribution in [-0.4, -0.2) is 20.1 Å². The number of carbonyl (C=O) groups is 1. The number of methoxy groups -OCH3 is 2. The number of nitrogens with one attached hydrogen (secondary N) is 2. The number of aryl methyl sites for hydroxylation is 1. The summed E-state index contributed by atoms with van der Waals surface area (Å²) < 4.78 is 10.7. The van der Waals surface area contributed by atoms with E-state index in [4.69, 9.17) is 9.47 Å². The lowest BCUT2D eigenvalue weighted by Gasteiger charge is -2.13. The molecule has 1 aromatic carbocycles. The lowest BCUT2D eigenvalue weighted by atomic mass is 10.1. The summed E-state index contributed by atoms with van der Waals surface area (Å²) in [5, 5.41) is 9.52. The van der Waals surface area contributed by atoms with Gasteiger partial charge in [0.15, 0.2) is 0 Å². The summed E-state index contributed by atoms with van der Waals surface area (Å²) in [4.78, 5) is 15.8. The Morgan fingerprint density at radius 3 is 2.82 bits per heavy atom. The van der Waals surface area contributed by atoms with Crippen LogP contribution in [0.15, 0.2) is 35.7 Å². The first-order valence-electron chi connectivity index (χ1n) is 9.13. The topological polar surface area (TPSA) is 59.6 Å². The first-order valence-corrected chi connectivity index (χ1v) is 10.8. The Labute approximate surface area is 172 Å². The number of benzene rings is 1. The normalized spacial score (nSPS) is 12.5. The molecule has 2 heterocycles. The summed E-state index contributed by atoms with van der Waals surface area (Å²) in [6, 6.07) is 9.53. The van der Waals surface area contributed by atoms with Crippen LogP contribution < -0.4 is 20.1 Å². The molecule has 0 aliphatic heterocycles. The maximum atomic E-state index is 13.2. The van der Waals surface area contributed by atoms with E-state index >= 15 is 0 Å². The summed E-state index contributed by atoms with van der Waals surface area (Å²) in [5.74, 6) is 1.16. The van der Waals surface area contributed by atoms with Gasteiger partial charge in [-0.2, -0.15) is 0 Å². The zero-order valence-electron chi connectivity index (χ0n) is 15.8. The van der Waals surface area contributed by atoms with Crippen molar-refractivity contribution in [1.29, 1.82) is 0 Å². The number of ether oxygens (including phenoxy) is 2. The van der Waals surface area contributed by atoms with Crippen LogP contribution in [-0.2, 0) is 19.4 Å². The van der Waals surface area contributed by atoms with Gasteiger partial charge in [0.05, 0.1) is 32.0 Å². The molecule has 1 aliphatic rings. The highest BCUT2D eigenvalue weighted by Crippen LogP contribution is 2.40. The van der Waals surface area contributed by atoms with Crippen LogP contribution in [0.2, 0.25) is 0 Å². The second-order valence-corrected chi connectivity index (χ2v) is 8.65. The Kier molecular flexibility index (Phi) is 5.54. The lowest BCUT2D eigenvalue weighted by molar-refractivity contribution is 0.102.